The highest BCUT2D eigenvalue weighted by Crippen LogP contribution is 2.20. The van der Waals surface area contributed by atoms with Crippen molar-refractivity contribution in [1.82, 2.24) is 4.72 Å². The van der Waals surface area contributed by atoms with Gasteiger partial charge < -0.3 is 4.74 Å². The summed E-state index contributed by atoms with van der Waals surface area (Å²) in [6, 6.07) is -1.38. The summed E-state index contributed by atoms with van der Waals surface area (Å²) in [5, 5.41) is 0. The van der Waals surface area contributed by atoms with Gasteiger partial charge in [-0.2, -0.15) is 30.0 Å². The Morgan fingerprint density at radius 3 is 2.09 bits per heavy atom. The van der Waals surface area contributed by atoms with Crippen LogP contribution in [0.4, 0.5) is 0 Å². The van der Waals surface area contributed by atoms with Crippen molar-refractivity contribution < 1.29 is 52.0 Å². The van der Waals surface area contributed by atoms with E-state index in [2.05, 4.69) is 8.37 Å². The predicted octanol–water partition coefficient (Wildman–Crippen LogP) is -2.46. The maximum atomic E-state index is 10.7. The molecule has 4 N–H and O–H groups in total. The monoisotopic (exact) mass is 387 g/mol. The molecule has 0 aromatic rings. The average molecular weight is 387 g/mol. The van der Waals surface area contributed by atoms with Crippen molar-refractivity contribution in [1.29, 1.82) is 0 Å². The van der Waals surface area contributed by atoms with Crippen molar-refractivity contribution in [2.45, 2.75) is 24.7 Å². The Morgan fingerprint density at radius 1 is 1.05 bits per heavy atom. The van der Waals surface area contributed by atoms with E-state index in [9.17, 15) is 25.3 Å². The van der Waals surface area contributed by atoms with Gasteiger partial charge in [0.25, 0.3) is 0 Å². The molecule has 2 unspecified atom stereocenters. The van der Waals surface area contributed by atoms with E-state index in [1.54, 1.807) is 4.72 Å². The van der Waals surface area contributed by atoms with Crippen LogP contribution in [0.25, 0.3) is 0 Å². The minimum atomic E-state index is -4.96. The molecule has 0 aromatic heterocycles. The highest BCUT2D eigenvalue weighted by Gasteiger charge is 2.37. The molecule has 13 nitrogen and oxygen atoms in total. The second-order valence-corrected chi connectivity index (χ2v) is 7.49. The fourth-order valence-corrected chi connectivity index (χ4v) is 3.13. The van der Waals surface area contributed by atoms with E-state index in [4.69, 9.17) is 18.4 Å². The van der Waals surface area contributed by atoms with Gasteiger partial charge >= 0.3 is 31.1 Å². The molecule has 0 spiro atoms. The molecule has 22 heavy (non-hydrogen) atoms. The Bertz CT molecular complexity index is 680. The zero-order valence-electron chi connectivity index (χ0n) is 10.6. The van der Waals surface area contributed by atoms with Crippen molar-refractivity contribution in [2.24, 2.45) is 0 Å². The van der Waals surface area contributed by atoms with Crippen LogP contribution in [-0.4, -0.2) is 70.4 Å². The van der Waals surface area contributed by atoms with Crippen LogP contribution in [0.3, 0.4) is 0 Å². The Morgan fingerprint density at radius 2 is 1.64 bits per heavy atom. The first-order valence-corrected chi connectivity index (χ1v) is 9.56. The smallest absolute Gasteiger partial charge is 0.374 e. The van der Waals surface area contributed by atoms with E-state index < -0.39 is 69.0 Å². The molecule has 132 valence electrons. The van der Waals surface area contributed by atoms with Crippen LogP contribution in [0.15, 0.2) is 0 Å². The van der Waals surface area contributed by atoms with Crippen molar-refractivity contribution in [2.75, 3.05) is 13.2 Å². The second kappa shape index (κ2) is 6.99. The summed E-state index contributed by atoms with van der Waals surface area (Å²) in [5.41, 5.74) is 0. The molecule has 1 rings (SSSR count). The van der Waals surface area contributed by atoms with Crippen molar-refractivity contribution in [3.63, 3.8) is 0 Å². The number of hydrogen-bond acceptors (Lipinski definition) is 9. The molecule has 0 radical (unpaired) electrons. The third-order valence-corrected chi connectivity index (χ3v) is 3.93. The van der Waals surface area contributed by atoms with Crippen LogP contribution >= 0.6 is 0 Å². The van der Waals surface area contributed by atoms with E-state index in [0.29, 0.717) is 0 Å². The van der Waals surface area contributed by atoms with Crippen molar-refractivity contribution in [3.8, 4) is 0 Å². The van der Waals surface area contributed by atoms with E-state index in [-0.39, 0.29) is 0 Å². The Hall–Kier alpha value is -0.430. The van der Waals surface area contributed by atoms with Gasteiger partial charge in [0.15, 0.2) is 0 Å². The minimum Gasteiger partial charge on any atom is -0.374 e. The fraction of sp³-hybridized carbons (Fsp3) is 1.00. The molecule has 3 atom stereocenters. The summed E-state index contributed by atoms with van der Waals surface area (Å²) < 4.78 is 104. The van der Waals surface area contributed by atoms with Crippen LogP contribution in [0.1, 0.15) is 6.42 Å². The molecule has 0 aliphatic carbocycles. The van der Waals surface area contributed by atoms with Crippen LogP contribution in [0.2, 0.25) is 0 Å². The quantitative estimate of drug-likeness (QED) is 0.336. The predicted molar refractivity (Wildman–Crippen MR) is 66.8 cm³/mol. The molecule has 1 fully saturated rings. The van der Waals surface area contributed by atoms with Gasteiger partial charge in [-0.25, -0.2) is 8.37 Å². The molecule has 0 bridgehead atoms. The summed E-state index contributed by atoms with van der Waals surface area (Å²) in [4.78, 5) is 0. The molecular weight excluding hydrogens is 374 g/mol. The molecule has 0 saturated carbocycles. The maximum absolute atomic E-state index is 10.7. The number of nitrogens with one attached hydrogen (secondary N) is 1. The molecule has 16 heteroatoms. The zero-order chi connectivity index (χ0) is 17.2. The first-order chi connectivity index (χ1) is 9.75. The maximum Gasteiger partial charge on any atom is 0.397 e. The molecule has 0 aromatic carbocycles. The first-order valence-electron chi connectivity index (χ1n) is 5.39. The van der Waals surface area contributed by atoms with Gasteiger partial charge in [0.1, 0.15) is 6.10 Å². The first kappa shape index (κ1) is 19.6. The van der Waals surface area contributed by atoms with Crippen LogP contribution in [0, 0.1) is 0 Å². The largest absolute Gasteiger partial charge is 0.397 e. The van der Waals surface area contributed by atoms with Crippen molar-refractivity contribution >= 4 is 31.1 Å². The molecule has 1 heterocycles. The number of rotatable bonds is 7. The third-order valence-electron chi connectivity index (χ3n) is 2.40. The Balaban J connectivity index is 2.79. The second-order valence-electron chi connectivity index (χ2n) is 4.17. The van der Waals surface area contributed by atoms with E-state index >= 15 is 0 Å². The molecule has 1 aliphatic rings. The summed E-state index contributed by atoms with van der Waals surface area (Å²) in [6.45, 7) is -1.23. The Labute approximate surface area is 126 Å². The lowest BCUT2D eigenvalue weighted by Crippen LogP contribution is -2.53. The van der Waals surface area contributed by atoms with Crippen LogP contribution in [0.5, 0.6) is 0 Å². The number of ether oxygens (including phenoxy) is 1. The summed E-state index contributed by atoms with van der Waals surface area (Å²) in [7, 11) is -14.4. The van der Waals surface area contributed by atoms with Gasteiger partial charge in [0.2, 0.25) is 0 Å². The van der Waals surface area contributed by atoms with Crippen molar-refractivity contribution in [3.05, 3.63) is 0 Å². The molecule has 1 aliphatic heterocycles. The highest BCUT2D eigenvalue weighted by molar-refractivity contribution is 7.83. The van der Waals surface area contributed by atoms with E-state index in [1.807, 2.05) is 0 Å². The average Bonchev–Trinajstić information content (AvgIpc) is 2.24. The molecule has 1 saturated heterocycles. The zero-order valence-corrected chi connectivity index (χ0v) is 13.0. The lowest BCUT2D eigenvalue weighted by molar-refractivity contribution is -0.0688. The van der Waals surface area contributed by atoms with Gasteiger partial charge in [-0.05, 0) is 0 Å². The topological polar surface area (TPSA) is 203 Å². The van der Waals surface area contributed by atoms with Gasteiger partial charge in [-0.15, -0.1) is 0 Å². The molecule has 0 amide bonds. The lowest BCUT2D eigenvalue weighted by Gasteiger charge is -2.34. The summed E-state index contributed by atoms with van der Waals surface area (Å²) in [6.07, 6.45) is -3.03. The number of hydrogen-bond donors (Lipinski definition) is 4. The normalized spacial score (nSPS) is 27.7. The summed E-state index contributed by atoms with van der Waals surface area (Å²) in [5.74, 6) is 0. The summed E-state index contributed by atoms with van der Waals surface area (Å²) >= 11 is 0. The van der Waals surface area contributed by atoms with Gasteiger partial charge in [-0.3, -0.25) is 13.7 Å². The fourth-order valence-electron chi connectivity index (χ4n) is 1.68. The minimum absolute atomic E-state index is 0.428. The van der Waals surface area contributed by atoms with Gasteiger partial charge in [0.05, 0.1) is 25.4 Å². The standard InChI is InChI=1S/C6H13NO12S3/c8-20(9,10)7-5-3-17-4(2-18-21(11,12)13)1-6(5)19-22(14,15)16/h4-7H,1-3H2,(H,8,9,10)(H,11,12,13)(H,14,15,16)/t4?,5?,6-/m1/s1. The van der Waals surface area contributed by atoms with Gasteiger partial charge in [0, 0.05) is 6.42 Å². The third kappa shape index (κ3) is 8.27. The molecular formula is C6H13NO12S3. The Kier molecular flexibility index (Phi) is 6.23. The van der Waals surface area contributed by atoms with Gasteiger partial charge in [-0.1, -0.05) is 0 Å². The van der Waals surface area contributed by atoms with E-state index in [1.165, 1.54) is 0 Å². The van der Waals surface area contributed by atoms with Crippen LogP contribution in [-0.2, 0) is 44.2 Å². The van der Waals surface area contributed by atoms with Crippen LogP contribution < -0.4 is 4.72 Å². The lowest BCUT2D eigenvalue weighted by atomic mass is 10.0. The van der Waals surface area contributed by atoms with E-state index in [0.717, 1.165) is 0 Å². The SMILES string of the molecule is O=S(=O)(O)NC1COC(COS(=O)(=O)O)C[C@H]1OS(=O)(=O)O. The highest BCUT2D eigenvalue weighted by atomic mass is 32.3.